The first kappa shape index (κ1) is 13.5. The van der Waals surface area contributed by atoms with Crippen LogP contribution in [0.25, 0.3) is 0 Å². The summed E-state index contributed by atoms with van der Waals surface area (Å²) in [6.07, 6.45) is 8.78. The van der Waals surface area contributed by atoms with Gasteiger partial charge in [-0.2, -0.15) is 0 Å². The lowest BCUT2D eigenvalue weighted by Crippen LogP contribution is -2.09. The minimum atomic E-state index is 0.564. The van der Waals surface area contributed by atoms with Crippen molar-refractivity contribution in [1.29, 1.82) is 0 Å². The van der Waals surface area contributed by atoms with E-state index in [1.165, 1.54) is 44.9 Å². The van der Waals surface area contributed by atoms with Crippen LogP contribution in [0.15, 0.2) is 0 Å². The molecule has 0 bridgehead atoms. The lowest BCUT2D eigenvalue weighted by atomic mass is 9.97. The van der Waals surface area contributed by atoms with E-state index < -0.39 is 0 Å². The van der Waals surface area contributed by atoms with Crippen LogP contribution in [0.1, 0.15) is 58.8 Å². The lowest BCUT2D eigenvalue weighted by Gasteiger charge is -2.14. The Morgan fingerprint density at radius 2 is 1.86 bits per heavy atom. The molecule has 0 spiro atoms. The second-order valence-corrected chi connectivity index (χ2v) is 3.93. The van der Waals surface area contributed by atoms with E-state index in [4.69, 9.17) is 4.74 Å². The quantitative estimate of drug-likeness (QED) is 0.398. The number of rotatable bonds is 10. The van der Waals surface area contributed by atoms with Crippen LogP contribution in [0.3, 0.4) is 0 Å². The van der Waals surface area contributed by atoms with Crippen LogP contribution in [-0.4, -0.2) is 13.1 Å². The fraction of sp³-hybridized carbons (Fsp3) is 0.917. The second-order valence-electron chi connectivity index (χ2n) is 3.93. The molecular weight excluding hydrogens is 176 g/mol. The largest absolute Gasteiger partial charge is 0.468 e. The topological polar surface area (TPSA) is 26.3 Å². The highest BCUT2D eigenvalue weighted by atomic mass is 16.5. The molecule has 2 heteroatoms. The summed E-state index contributed by atoms with van der Waals surface area (Å²) < 4.78 is 4.82. The maximum absolute atomic E-state index is 10.1. The molecule has 0 radical (unpaired) electrons. The van der Waals surface area contributed by atoms with Gasteiger partial charge in [-0.3, -0.25) is 4.79 Å². The van der Waals surface area contributed by atoms with E-state index in [9.17, 15) is 4.79 Å². The zero-order chi connectivity index (χ0) is 10.6. The molecule has 0 aromatic rings. The molecular formula is C12H24O2. The molecule has 0 heterocycles. The van der Waals surface area contributed by atoms with Crippen molar-refractivity contribution in [2.75, 3.05) is 6.61 Å². The molecule has 0 amide bonds. The molecule has 1 atom stereocenters. The molecule has 0 aromatic carbocycles. The minimum absolute atomic E-state index is 0.564. The highest BCUT2D eigenvalue weighted by molar-refractivity contribution is 5.36. The summed E-state index contributed by atoms with van der Waals surface area (Å²) in [6.45, 7) is 5.58. The van der Waals surface area contributed by atoms with Gasteiger partial charge in [-0.15, -0.1) is 0 Å². The Kier molecular flexibility index (Phi) is 10.2. The lowest BCUT2D eigenvalue weighted by molar-refractivity contribution is -0.130. The normalized spacial score (nSPS) is 12.4. The number of carbonyl (C=O) groups excluding carboxylic acids is 1. The van der Waals surface area contributed by atoms with Crippen molar-refractivity contribution in [1.82, 2.24) is 0 Å². The number of hydrogen-bond acceptors (Lipinski definition) is 2. The van der Waals surface area contributed by atoms with E-state index in [0.29, 0.717) is 19.0 Å². The van der Waals surface area contributed by atoms with Crippen LogP contribution >= 0.6 is 0 Å². The smallest absolute Gasteiger partial charge is 0.293 e. The third-order valence-corrected chi connectivity index (χ3v) is 2.56. The standard InChI is InChI=1S/C12H24O2/c1-3-5-6-7-9-12(8-4-2)10-14-11-13/h11-12H,3-10H2,1-2H3. The molecule has 0 rings (SSSR count). The number of carbonyl (C=O) groups is 1. The first-order chi connectivity index (χ1) is 6.85. The van der Waals surface area contributed by atoms with Gasteiger partial charge in [0, 0.05) is 0 Å². The molecule has 84 valence electrons. The van der Waals surface area contributed by atoms with Gasteiger partial charge in [-0.1, -0.05) is 46.0 Å². The predicted molar refractivity (Wildman–Crippen MR) is 59.2 cm³/mol. The van der Waals surface area contributed by atoms with E-state index in [2.05, 4.69) is 13.8 Å². The van der Waals surface area contributed by atoms with E-state index in [0.717, 1.165) is 0 Å². The molecule has 0 N–H and O–H groups in total. The molecule has 1 unspecified atom stereocenters. The molecule has 14 heavy (non-hydrogen) atoms. The van der Waals surface area contributed by atoms with Crippen molar-refractivity contribution in [2.24, 2.45) is 5.92 Å². The summed E-state index contributed by atoms with van der Waals surface area (Å²) in [5, 5.41) is 0. The van der Waals surface area contributed by atoms with Crippen molar-refractivity contribution in [3.05, 3.63) is 0 Å². The third-order valence-electron chi connectivity index (χ3n) is 2.56. The molecule has 0 aromatic heterocycles. The predicted octanol–water partition coefficient (Wildman–Crippen LogP) is 3.55. The molecule has 0 fully saturated rings. The van der Waals surface area contributed by atoms with Crippen LogP contribution in [0, 0.1) is 5.92 Å². The van der Waals surface area contributed by atoms with Gasteiger partial charge in [-0.25, -0.2) is 0 Å². The zero-order valence-electron chi connectivity index (χ0n) is 9.63. The van der Waals surface area contributed by atoms with Gasteiger partial charge in [0.25, 0.3) is 6.47 Å². The maximum Gasteiger partial charge on any atom is 0.293 e. The van der Waals surface area contributed by atoms with Crippen molar-refractivity contribution >= 4 is 6.47 Å². The van der Waals surface area contributed by atoms with Gasteiger partial charge in [0.2, 0.25) is 0 Å². The van der Waals surface area contributed by atoms with Crippen LogP contribution in [-0.2, 0) is 9.53 Å². The van der Waals surface area contributed by atoms with E-state index in [1.807, 2.05) is 0 Å². The van der Waals surface area contributed by atoms with Crippen LogP contribution in [0.2, 0.25) is 0 Å². The molecule has 2 nitrogen and oxygen atoms in total. The fourth-order valence-electron chi connectivity index (χ4n) is 1.75. The second kappa shape index (κ2) is 10.6. The molecule has 0 saturated carbocycles. The Morgan fingerprint density at radius 1 is 1.07 bits per heavy atom. The monoisotopic (exact) mass is 200 g/mol. The van der Waals surface area contributed by atoms with Crippen LogP contribution in [0.5, 0.6) is 0 Å². The van der Waals surface area contributed by atoms with Crippen LogP contribution < -0.4 is 0 Å². The Hall–Kier alpha value is -0.530. The Balaban J connectivity index is 3.45. The molecule has 0 saturated heterocycles. The van der Waals surface area contributed by atoms with Crippen molar-refractivity contribution in [3.8, 4) is 0 Å². The van der Waals surface area contributed by atoms with Crippen molar-refractivity contribution in [3.63, 3.8) is 0 Å². The zero-order valence-corrected chi connectivity index (χ0v) is 9.63. The SMILES string of the molecule is CCCCCCC(CCC)COC=O. The van der Waals surface area contributed by atoms with Gasteiger partial charge in [0.1, 0.15) is 0 Å². The molecule has 0 aliphatic rings. The molecule has 0 aliphatic heterocycles. The van der Waals surface area contributed by atoms with Gasteiger partial charge < -0.3 is 4.74 Å². The Labute approximate surface area is 88.0 Å². The summed E-state index contributed by atoms with van der Waals surface area (Å²) in [7, 11) is 0. The van der Waals surface area contributed by atoms with E-state index in [1.54, 1.807) is 0 Å². The average Bonchev–Trinajstić information content (AvgIpc) is 2.20. The number of unbranched alkanes of at least 4 members (excludes halogenated alkanes) is 3. The van der Waals surface area contributed by atoms with Gasteiger partial charge >= 0.3 is 0 Å². The maximum atomic E-state index is 10.1. The first-order valence-electron chi connectivity index (χ1n) is 5.90. The Morgan fingerprint density at radius 3 is 2.43 bits per heavy atom. The van der Waals surface area contributed by atoms with Crippen molar-refractivity contribution < 1.29 is 9.53 Å². The Bertz CT molecular complexity index is 123. The first-order valence-corrected chi connectivity index (χ1v) is 5.90. The number of ether oxygens (including phenoxy) is 1. The van der Waals surface area contributed by atoms with E-state index in [-0.39, 0.29) is 0 Å². The summed E-state index contributed by atoms with van der Waals surface area (Å²) in [5.41, 5.74) is 0. The minimum Gasteiger partial charge on any atom is -0.468 e. The fourth-order valence-corrected chi connectivity index (χ4v) is 1.75. The summed E-state index contributed by atoms with van der Waals surface area (Å²) in [6, 6.07) is 0. The van der Waals surface area contributed by atoms with Gasteiger partial charge in [0.05, 0.1) is 6.61 Å². The average molecular weight is 200 g/mol. The van der Waals surface area contributed by atoms with Gasteiger partial charge in [0.15, 0.2) is 0 Å². The highest BCUT2D eigenvalue weighted by Gasteiger charge is 2.07. The summed E-state index contributed by atoms with van der Waals surface area (Å²) in [4.78, 5) is 10.1. The van der Waals surface area contributed by atoms with Gasteiger partial charge in [-0.05, 0) is 18.8 Å². The third kappa shape index (κ3) is 8.09. The van der Waals surface area contributed by atoms with Crippen LogP contribution in [0.4, 0.5) is 0 Å². The van der Waals surface area contributed by atoms with Crippen molar-refractivity contribution in [2.45, 2.75) is 58.8 Å². The summed E-state index contributed by atoms with van der Waals surface area (Å²) in [5.74, 6) is 0.585. The number of hydrogen-bond donors (Lipinski definition) is 0. The molecule has 0 aliphatic carbocycles. The van der Waals surface area contributed by atoms with E-state index >= 15 is 0 Å². The highest BCUT2D eigenvalue weighted by Crippen LogP contribution is 2.16. The summed E-state index contributed by atoms with van der Waals surface area (Å²) >= 11 is 0.